The lowest BCUT2D eigenvalue weighted by Gasteiger charge is -2.37. The minimum atomic E-state index is -1.07. The molecule has 3 rings (SSSR count). The summed E-state index contributed by atoms with van der Waals surface area (Å²) in [5.41, 5.74) is 8.48. The van der Waals surface area contributed by atoms with Crippen molar-refractivity contribution < 1.29 is 24.0 Å². The van der Waals surface area contributed by atoms with Gasteiger partial charge in [-0.1, -0.05) is 11.2 Å². The number of rotatable bonds is 6. The second kappa shape index (κ2) is 8.63. The Morgan fingerprint density at radius 3 is 2.73 bits per heavy atom. The van der Waals surface area contributed by atoms with Gasteiger partial charge in [0.2, 0.25) is 11.8 Å². The SMILES string of the molecule is CCN1CCN(C(=O)NC2(CC(=O)N[C@@H]3C(=O)N[C@@H]3N=[N+]=[N-])CC=CS2)C(=O)C1=O. The number of hydrogen-bond donors (Lipinski definition) is 3. The Balaban J connectivity index is 1.63. The Labute approximate surface area is 175 Å². The Bertz CT molecular complexity index is 862. The van der Waals surface area contributed by atoms with Crippen LogP contribution in [0.4, 0.5) is 4.79 Å². The number of hydrogen-bond acceptors (Lipinski definition) is 7. The summed E-state index contributed by atoms with van der Waals surface area (Å²) in [4.78, 5) is 64.8. The Hall–Kier alpha value is -3.25. The van der Waals surface area contributed by atoms with Crippen LogP contribution in [0, 0.1) is 0 Å². The Morgan fingerprint density at radius 2 is 2.13 bits per heavy atom. The molecule has 0 bridgehead atoms. The van der Waals surface area contributed by atoms with E-state index in [9.17, 15) is 24.0 Å². The van der Waals surface area contributed by atoms with E-state index in [4.69, 9.17) is 5.53 Å². The Kier molecular flexibility index (Phi) is 6.17. The average Bonchev–Trinajstić information content (AvgIpc) is 3.15. The standard InChI is InChI=1S/C16H20N8O5S/c1-2-23-5-6-24(14(28)13(23)27)15(29)20-16(4-3-7-30-16)8-9(25)18-10-11(21-22-17)19-12(10)26/h3,7,10-11H,2,4-6,8H2,1H3,(H,18,25)(H,19,26)(H,20,29)/t10-,11+,16?/m0/s1. The van der Waals surface area contributed by atoms with Crippen molar-refractivity contribution in [3.63, 3.8) is 0 Å². The molecule has 3 aliphatic heterocycles. The molecule has 0 aromatic carbocycles. The number of carbonyl (C=O) groups excluding carboxylic acids is 5. The maximum absolute atomic E-state index is 12.7. The smallest absolute Gasteiger partial charge is 0.325 e. The van der Waals surface area contributed by atoms with Crippen molar-refractivity contribution in [2.45, 2.75) is 36.8 Å². The molecule has 3 aliphatic rings. The first-order valence-electron chi connectivity index (χ1n) is 9.20. The first-order valence-corrected chi connectivity index (χ1v) is 10.1. The predicted molar refractivity (Wildman–Crippen MR) is 104 cm³/mol. The van der Waals surface area contributed by atoms with E-state index in [2.05, 4.69) is 26.0 Å². The van der Waals surface area contributed by atoms with Crippen LogP contribution >= 0.6 is 11.8 Å². The van der Waals surface area contributed by atoms with Gasteiger partial charge < -0.3 is 20.9 Å². The van der Waals surface area contributed by atoms with Gasteiger partial charge in [-0.15, -0.1) is 11.8 Å². The highest BCUT2D eigenvalue weighted by atomic mass is 32.2. The van der Waals surface area contributed by atoms with E-state index in [1.807, 2.05) is 0 Å². The van der Waals surface area contributed by atoms with E-state index in [0.29, 0.717) is 13.0 Å². The molecule has 3 N–H and O–H groups in total. The minimum absolute atomic E-state index is 0.0563. The summed E-state index contributed by atoms with van der Waals surface area (Å²) < 4.78 is 0. The molecule has 0 saturated carbocycles. The van der Waals surface area contributed by atoms with Crippen molar-refractivity contribution >= 4 is 41.4 Å². The average molecular weight is 436 g/mol. The molecule has 2 saturated heterocycles. The summed E-state index contributed by atoms with van der Waals surface area (Å²) in [5, 5.41) is 12.6. The van der Waals surface area contributed by atoms with Gasteiger partial charge in [0, 0.05) is 24.5 Å². The maximum Gasteiger partial charge on any atom is 0.325 e. The summed E-state index contributed by atoms with van der Waals surface area (Å²) in [6.07, 6.45) is 1.01. The molecule has 13 nitrogen and oxygen atoms in total. The number of amides is 6. The second-order valence-electron chi connectivity index (χ2n) is 6.84. The fourth-order valence-corrected chi connectivity index (χ4v) is 4.29. The van der Waals surface area contributed by atoms with Gasteiger partial charge in [0.15, 0.2) is 0 Å². The van der Waals surface area contributed by atoms with Crippen molar-refractivity contribution in [1.82, 2.24) is 25.8 Å². The highest BCUT2D eigenvalue weighted by Crippen LogP contribution is 2.37. The van der Waals surface area contributed by atoms with E-state index >= 15 is 0 Å². The van der Waals surface area contributed by atoms with Crippen LogP contribution < -0.4 is 16.0 Å². The molecule has 30 heavy (non-hydrogen) atoms. The van der Waals surface area contributed by atoms with Gasteiger partial charge in [-0.2, -0.15) is 0 Å². The first-order chi connectivity index (χ1) is 14.3. The summed E-state index contributed by atoms with van der Waals surface area (Å²) in [5.74, 6) is -2.68. The monoisotopic (exact) mass is 436 g/mol. The molecule has 160 valence electrons. The number of β-lactam (4-membered cyclic amide) rings is 1. The van der Waals surface area contributed by atoms with Gasteiger partial charge in [0.05, 0.1) is 6.42 Å². The summed E-state index contributed by atoms with van der Waals surface area (Å²) in [6, 6.07) is -1.75. The van der Waals surface area contributed by atoms with Crippen LogP contribution in [-0.4, -0.2) is 76.2 Å². The zero-order chi connectivity index (χ0) is 21.9. The van der Waals surface area contributed by atoms with Crippen LogP contribution in [-0.2, 0) is 19.2 Å². The number of carbonyl (C=O) groups is 5. The van der Waals surface area contributed by atoms with E-state index in [-0.39, 0.29) is 19.5 Å². The number of urea groups is 1. The molecule has 6 amide bonds. The van der Waals surface area contributed by atoms with Crippen LogP contribution in [0.1, 0.15) is 19.8 Å². The number of piperazine rings is 1. The number of nitrogens with one attached hydrogen (secondary N) is 3. The number of imide groups is 1. The lowest BCUT2D eigenvalue weighted by Crippen LogP contribution is -2.68. The van der Waals surface area contributed by atoms with Crippen LogP contribution in [0.15, 0.2) is 16.6 Å². The van der Waals surface area contributed by atoms with Gasteiger partial charge in [0.25, 0.3) is 0 Å². The maximum atomic E-state index is 12.7. The molecule has 0 radical (unpaired) electrons. The van der Waals surface area contributed by atoms with Crippen LogP contribution in [0.2, 0.25) is 0 Å². The molecular weight excluding hydrogens is 416 g/mol. The fraction of sp³-hybridized carbons (Fsp3) is 0.562. The van der Waals surface area contributed by atoms with Crippen LogP contribution in [0.25, 0.3) is 10.4 Å². The highest BCUT2D eigenvalue weighted by molar-refractivity contribution is 8.03. The molecule has 3 atom stereocenters. The van der Waals surface area contributed by atoms with Gasteiger partial charge >= 0.3 is 17.8 Å². The molecule has 1 unspecified atom stereocenters. The van der Waals surface area contributed by atoms with Gasteiger partial charge in [0.1, 0.15) is 17.1 Å². The predicted octanol–water partition coefficient (Wildman–Crippen LogP) is -0.625. The fourth-order valence-electron chi connectivity index (χ4n) is 3.28. The minimum Gasteiger partial charge on any atom is -0.343 e. The van der Waals surface area contributed by atoms with E-state index in [0.717, 1.165) is 4.90 Å². The Morgan fingerprint density at radius 1 is 1.37 bits per heavy atom. The molecule has 0 aromatic heterocycles. The summed E-state index contributed by atoms with van der Waals surface area (Å²) in [6.45, 7) is 2.41. The van der Waals surface area contributed by atoms with E-state index in [1.54, 1.807) is 18.4 Å². The number of nitrogens with zero attached hydrogens (tertiary/aromatic N) is 5. The van der Waals surface area contributed by atoms with Gasteiger partial charge in [-0.3, -0.25) is 24.1 Å². The lowest BCUT2D eigenvalue weighted by atomic mass is 10.1. The van der Waals surface area contributed by atoms with Crippen molar-refractivity contribution in [2.24, 2.45) is 5.11 Å². The van der Waals surface area contributed by atoms with E-state index < -0.39 is 46.7 Å². The molecule has 3 heterocycles. The van der Waals surface area contributed by atoms with Gasteiger partial charge in [-0.25, -0.2) is 4.79 Å². The van der Waals surface area contributed by atoms with Crippen molar-refractivity contribution in [1.29, 1.82) is 0 Å². The third-order valence-electron chi connectivity index (χ3n) is 4.93. The third-order valence-corrected chi connectivity index (χ3v) is 6.13. The topological polar surface area (TPSA) is 177 Å². The van der Waals surface area contributed by atoms with Crippen molar-refractivity contribution in [3.8, 4) is 0 Å². The normalized spacial score (nSPS) is 27.8. The van der Waals surface area contributed by atoms with Gasteiger partial charge in [-0.05, 0) is 24.3 Å². The largest absolute Gasteiger partial charge is 0.343 e. The molecule has 0 aromatic rings. The van der Waals surface area contributed by atoms with Crippen LogP contribution in [0.3, 0.4) is 0 Å². The quantitative estimate of drug-likeness (QED) is 0.164. The zero-order valence-corrected chi connectivity index (χ0v) is 16.8. The molecular formula is C16H20N8O5S. The van der Waals surface area contributed by atoms with Crippen molar-refractivity contribution in [3.05, 3.63) is 21.9 Å². The molecule has 14 heteroatoms. The highest BCUT2D eigenvalue weighted by Gasteiger charge is 2.44. The first kappa shape index (κ1) is 21.5. The number of thioether (sulfide) groups is 1. The summed E-state index contributed by atoms with van der Waals surface area (Å²) >= 11 is 1.19. The third kappa shape index (κ3) is 4.19. The number of azide groups is 1. The van der Waals surface area contributed by atoms with E-state index in [1.165, 1.54) is 16.7 Å². The zero-order valence-electron chi connectivity index (χ0n) is 16.0. The van der Waals surface area contributed by atoms with Crippen LogP contribution in [0.5, 0.6) is 0 Å². The number of likely N-dealkylation sites (N-methyl/N-ethyl adjacent to an activating group) is 1. The van der Waals surface area contributed by atoms with Crippen molar-refractivity contribution in [2.75, 3.05) is 19.6 Å². The molecule has 0 aliphatic carbocycles. The molecule has 0 spiro atoms. The second-order valence-corrected chi connectivity index (χ2v) is 8.13. The lowest BCUT2D eigenvalue weighted by molar-refractivity contribution is -0.153. The summed E-state index contributed by atoms with van der Waals surface area (Å²) in [7, 11) is 0. The molecule has 2 fully saturated rings.